The summed E-state index contributed by atoms with van der Waals surface area (Å²) in [6.07, 6.45) is 8.03. The molecular formula is C7H11NO2S. The third-order valence-corrected chi connectivity index (χ3v) is 3.11. The van der Waals surface area contributed by atoms with Crippen LogP contribution in [0, 0.1) is 12.3 Å². The van der Waals surface area contributed by atoms with Crippen LogP contribution in [0.3, 0.4) is 0 Å². The van der Waals surface area contributed by atoms with Crippen molar-refractivity contribution in [3.63, 3.8) is 0 Å². The van der Waals surface area contributed by atoms with Crippen molar-refractivity contribution < 1.29 is 8.42 Å². The molecule has 1 aliphatic heterocycles. The van der Waals surface area contributed by atoms with Crippen LogP contribution in [0.1, 0.15) is 12.8 Å². The smallest absolute Gasteiger partial charge is 0.212 e. The lowest BCUT2D eigenvalue weighted by atomic mass is 10.2. The lowest BCUT2D eigenvalue weighted by molar-refractivity contribution is 0.444. The molecule has 1 saturated heterocycles. The van der Waals surface area contributed by atoms with E-state index in [-0.39, 0.29) is 6.04 Å². The van der Waals surface area contributed by atoms with Gasteiger partial charge in [0.1, 0.15) is 0 Å². The van der Waals surface area contributed by atoms with Crippen molar-refractivity contribution in [1.82, 2.24) is 4.31 Å². The summed E-state index contributed by atoms with van der Waals surface area (Å²) >= 11 is 0. The van der Waals surface area contributed by atoms with E-state index in [9.17, 15) is 8.42 Å². The molecule has 0 aromatic heterocycles. The second kappa shape index (κ2) is 2.84. The number of terminal acetylenes is 1. The monoisotopic (exact) mass is 173 g/mol. The summed E-state index contributed by atoms with van der Waals surface area (Å²) in [6.45, 7) is 0.577. The first-order valence-corrected chi connectivity index (χ1v) is 5.33. The Labute approximate surface area is 67.4 Å². The van der Waals surface area contributed by atoms with Crippen molar-refractivity contribution in [2.24, 2.45) is 0 Å². The molecule has 0 bridgehead atoms. The van der Waals surface area contributed by atoms with Gasteiger partial charge in [-0.2, -0.15) is 4.31 Å². The first kappa shape index (κ1) is 8.57. The standard InChI is InChI=1S/C7H11NO2S/c1-3-7-5-4-6-8(7)11(2,9)10/h1,7H,4-6H2,2H3. The summed E-state index contributed by atoms with van der Waals surface area (Å²) < 4.78 is 23.4. The van der Waals surface area contributed by atoms with Gasteiger partial charge in [-0.05, 0) is 12.8 Å². The van der Waals surface area contributed by atoms with E-state index < -0.39 is 10.0 Å². The van der Waals surface area contributed by atoms with Gasteiger partial charge in [0.05, 0.1) is 12.3 Å². The predicted molar refractivity (Wildman–Crippen MR) is 43.4 cm³/mol. The van der Waals surface area contributed by atoms with E-state index in [2.05, 4.69) is 5.92 Å². The quantitative estimate of drug-likeness (QED) is 0.525. The average molecular weight is 173 g/mol. The zero-order chi connectivity index (χ0) is 8.48. The van der Waals surface area contributed by atoms with Gasteiger partial charge in [-0.3, -0.25) is 0 Å². The van der Waals surface area contributed by atoms with Crippen molar-refractivity contribution in [3.05, 3.63) is 0 Å². The molecule has 1 atom stereocenters. The van der Waals surface area contributed by atoms with E-state index in [1.807, 2.05) is 0 Å². The van der Waals surface area contributed by atoms with Gasteiger partial charge in [-0.25, -0.2) is 8.42 Å². The van der Waals surface area contributed by atoms with Gasteiger partial charge in [0.15, 0.2) is 0 Å². The normalized spacial score (nSPS) is 26.7. The van der Waals surface area contributed by atoms with Crippen LogP contribution in [0.2, 0.25) is 0 Å². The number of rotatable bonds is 1. The molecule has 1 fully saturated rings. The van der Waals surface area contributed by atoms with Crippen LogP contribution >= 0.6 is 0 Å². The van der Waals surface area contributed by atoms with Crippen LogP contribution < -0.4 is 0 Å². The van der Waals surface area contributed by atoms with E-state index in [1.54, 1.807) is 0 Å². The minimum atomic E-state index is -3.07. The number of nitrogens with zero attached hydrogens (tertiary/aromatic N) is 1. The fraction of sp³-hybridized carbons (Fsp3) is 0.714. The molecule has 0 saturated carbocycles. The van der Waals surface area contributed by atoms with E-state index >= 15 is 0 Å². The highest BCUT2D eigenvalue weighted by atomic mass is 32.2. The summed E-state index contributed by atoms with van der Waals surface area (Å²) in [6, 6.07) is -0.204. The molecule has 0 radical (unpaired) electrons. The largest absolute Gasteiger partial charge is 0.212 e. The van der Waals surface area contributed by atoms with E-state index in [0.717, 1.165) is 12.8 Å². The van der Waals surface area contributed by atoms with Crippen molar-refractivity contribution in [2.45, 2.75) is 18.9 Å². The average Bonchev–Trinajstić information content (AvgIpc) is 2.31. The number of hydrogen-bond acceptors (Lipinski definition) is 2. The Hall–Kier alpha value is -0.530. The molecule has 0 N–H and O–H groups in total. The first-order chi connectivity index (χ1) is 5.05. The van der Waals surface area contributed by atoms with Crippen molar-refractivity contribution in [2.75, 3.05) is 12.8 Å². The Morgan fingerprint density at radius 2 is 2.27 bits per heavy atom. The minimum absolute atomic E-state index is 0.204. The molecule has 62 valence electrons. The SMILES string of the molecule is C#CC1CCCN1S(C)(=O)=O. The second-order valence-corrected chi connectivity index (χ2v) is 4.63. The van der Waals surface area contributed by atoms with Crippen molar-refractivity contribution in [1.29, 1.82) is 0 Å². The van der Waals surface area contributed by atoms with Gasteiger partial charge in [0, 0.05) is 6.54 Å². The van der Waals surface area contributed by atoms with Gasteiger partial charge in [0.2, 0.25) is 10.0 Å². The Morgan fingerprint density at radius 3 is 2.64 bits per heavy atom. The fourth-order valence-electron chi connectivity index (χ4n) is 1.30. The zero-order valence-corrected chi connectivity index (χ0v) is 7.26. The second-order valence-electron chi connectivity index (χ2n) is 2.70. The minimum Gasteiger partial charge on any atom is -0.212 e. The number of sulfonamides is 1. The molecule has 1 heterocycles. The lowest BCUT2D eigenvalue weighted by Gasteiger charge is -2.16. The predicted octanol–water partition coefficient (Wildman–Crippen LogP) is 0.0436. The summed E-state index contributed by atoms with van der Waals surface area (Å²) in [4.78, 5) is 0. The lowest BCUT2D eigenvalue weighted by Crippen LogP contribution is -2.33. The number of hydrogen-bond donors (Lipinski definition) is 0. The molecule has 1 rings (SSSR count). The third-order valence-electron chi connectivity index (χ3n) is 1.82. The molecule has 4 heteroatoms. The molecule has 11 heavy (non-hydrogen) atoms. The summed E-state index contributed by atoms with van der Waals surface area (Å²) in [7, 11) is -3.07. The zero-order valence-electron chi connectivity index (χ0n) is 6.45. The highest BCUT2D eigenvalue weighted by molar-refractivity contribution is 7.88. The van der Waals surface area contributed by atoms with Crippen LogP contribution in [0.5, 0.6) is 0 Å². The van der Waals surface area contributed by atoms with Crippen LogP contribution in [0.25, 0.3) is 0 Å². The van der Waals surface area contributed by atoms with Gasteiger partial charge in [0.25, 0.3) is 0 Å². The Kier molecular flexibility index (Phi) is 2.21. The molecule has 0 spiro atoms. The van der Waals surface area contributed by atoms with Gasteiger partial charge in [-0.15, -0.1) is 6.42 Å². The molecule has 1 aliphatic rings. The highest BCUT2D eigenvalue weighted by Crippen LogP contribution is 2.18. The van der Waals surface area contributed by atoms with Crippen LogP contribution in [-0.4, -0.2) is 31.6 Å². The fourth-order valence-corrected chi connectivity index (χ4v) is 2.39. The Morgan fingerprint density at radius 1 is 1.64 bits per heavy atom. The van der Waals surface area contributed by atoms with Crippen LogP contribution in [-0.2, 0) is 10.0 Å². The summed E-state index contributed by atoms with van der Waals surface area (Å²) in [5.41, 5.74) is 0. The molecular weight excluding hydrogens is 162 g/mol. The Bertz CT molecular complexity index is 275. The molecule has 1 unspecified atom stereocenters. The van der Waals surface area contributed by atoms with Crippen molar-refractivity contribution >= 4 is 10.0 Å². The van der Waals surface area contributed by atoms with Crippen LogP contribution in [0.4, 0.5) is 0 Å². The molecule has 0 aromatic carbocycles. The van der Waals surface area contributed by atoms with E-state index in [4.69, 9.17) is 6.42 Å². The van der Waals surface area contributed by atoms with Crippen LogP contribution in [0.15, 0.2) is 0 Å². The molecule has 0 aliphatic carbocycles. The maximum Gasteiger partial charge on any atom is 0.212 e. The Balaban J connectivity index is 2.83. The third kappa shape index (κ3) is 1.73. The van der Waals surface area contributed by atoms with E-state index in [0.29, 0.717) is 6.54 Å². The maximum atomic E-state index is 11.0. The van der Waals surface area contributed by atoms with Gasteiger partial charge < -0.3 is 0 Å². The van der Waals surface area contributed by atoms with Gasteiger partial charge >= 0.3 is 0 Å². The highest BCUT2D eigenvalue weighted by Gasteiger charge is 2.29. The summed E-state index contributed by atoms with van der Waals surface area (Å²) in [5, 5.41) is 0. The van der Waals surface area contributed by atoms with E-state index in [1.165, 1.54) is 10.6 Å². The first-order valence-electron chi connectivity index (χ1n) is 3.48. The topological polar surface area (TPSA) is 37.4 Å². The van der Waals surface area contributed by atoms with Crippen molar-refractivity contribution in [3.8, 4) is 12.3 Å². The molecule has 0 amide bonds. The maximum absolute atomic E-state index is 11.0. The van der Waals surface area contributed by atoms with Gasteiger partial charge in [-0.1, -0.05) is 5.92 Å². The molecule has 0 aromatic rings. The summed E-state index contributed by atoms with van der Waals surface area (Å²) in [5.74, 6) is 2.47. The molecule has 3 nitrogen and oxygen atoms in total.